The largest absolute Gasteiger partial charge is 0.317 e. The third kappa shape index (κ3) is 14.1. The summed E-state index contributed by atoms with van der Waals surface area (Å²) in [5, 5.41) is 3.66. The summed E-state index contributed by atoms with van der Waals surface area (Å²) in [4.78, 5) is 0. The molecule has 1 rings (SSSR count). The van der Waals surface area contributed by atoms with Crippen molar-refractivity contribution in [3.63, 3.8) is 0 Å². The zero-order valence-corrected chi connectivity index (χ0v) is 18.7. The Balaban J connectivity index is 1.67. The normalized spacial score (nSPS) is 20.3. The summed E-state index contributed by atoms with van der Waals surface area (Å²) in [6, 6.07) is 0. The molecule has 1 heteroatoms. The van der Waals surface area contributed by atoms with Gasteiger partial charge in [-0.3, -0.25) is 0 Å². The van der Waals surface area contributed by atoms with Gasteiger partial charge in [0.1, 0.15) is 0 Å². The minimum Gasteiger partial charge on any atom is -0.317 e. The Bertz CT molecular complexity index is 286. The van der Waals surface area contributed by atoms with Crippen LogP contribution in [0.4, 0.5) is 0 Å². The fourth-order valence-corrected chi connectivity index (χ4v) is 4.65. The fourth-order valence-electron chi connectivity index (χ4n) is 4.65. The Morgan fingerprint density at radius 1 is 0.692 bits per heavy atom. The SMILES string of the molecule is CC(C)CCCCCCCCCCCNCCCCCC1CCC[C@@H]1C. The number of nitrogens with one attached hydrogen (secondary N) is 1. The zero-order chi connectivity index (χ0) is 18.9. The van der Waals surface area contributed by atoms with Crippen LogP contribution in [0.2, 0.25) is 0 Å². The lowest BCUT2D eigenvalue weighted by atomic mass is 9.92. The molecule has 0 amide bonds. The Hall–Kier alpha value is -0.0400. The fraction of sp³-hybridized carbons (Fsp3) is 1.00. The minimum atomic E-state index is 0.893. The van der Waals surface area contributed by atoms with E-state index in [9.17, 15) is 0 Å². The second-order valence-corrected chi connectivity index (χ2v) is 9.63. The second kappa shape index (κ2) is 17.1. The van der Waals surface area contributed by atoms with E-state index in [1.807, 2.05) is 0 Å². The number of unbranched alkanes of at least 4 members (excludes halogenated alkanes) is 10. The van der Waals surface area contributed by atoms with E-state index in [4.69, 9.17) is 0 Å². The zero-order valence-electron chi connectivity index (χ0n) is 18.7. The van der Waals surface area contributed by atoms with E-state index in [-0.39, 0.29) is 0 Å². The molecule has 156 valence electrons. The molecule has 1 fully saturated rings. The monoisotopic (exact) mass is 365 g/mol. The van der Waals surface area contributed by atoms with E-state index < -0.39 is 0 Å². The van der Waals surface area contributed by atoms with Gasteiger partial charge in [-0.05, 0) is 43.7 Å². The van der Waals surface area contributed by atoms with Crippen molar-refractivity contribution >= 4 is 0 Å². The molecule has 1 unspecified atom stereocenters. The highest BCUT2D eigenvalue weighted by Gasteiger charge is 2.22. The molecule has 0 radical (unpaired) electrons. The van der Waals surface area contributed by atoms with Crippen molar-refractivity contribution in [1.29, 1.82) is 0 Å². The maximum Gasteiger partial charge on any atom is -0.00489 e. The predicted molar refractivity (Wildman–Crippen MR) is 119 cm³/mol. The molecule has 0 saturated heterocycles. The molecular formula is C25H51N. The van der Waals surface area contributed by atoms with Crippen molar-refractivity contribution in [1.82, 2.24) is 5.32 Å². The summed E-state index contributed by atoms with van der Waals surface area (Å²) in [6.07, 6.45) is 24.7. The first-order chi connectivity index (χ1) is 12.7. The van der Waals surface area contributed by atoms with Crippen molar-refractivity contribution in [3.8, 4) is 0 Å². The van der Waals surface area contributed by atoms with Crippen molar-refractivity contribution in [2.45, 2.75) is 130 Å². The maximum atomic E-state index is 3.66. The van der Waals surface area contributed by atoms with Crippen LogP contribution in [0.1, 0.15) is 130 Å². The highest BCUT2D eigenvalue weighted by Crippen LogP contribution is 2.34. The van der Waals surface area contributed by atoms with E-state index in [1.165, 1.54) is 122 Å². The molecule has 1 saturated carbocycles. The van der Waals surface area contributed by atoms with Crippen LogP contribution >= 0.6 is 0 Å². The first-order valence-electron chi connectivity index (χ1n) is 12.4. The molecule has 0 bridgehead atoms. The minimum absolute atomic E-state index is 0.893. The predicted octanol–water partition coefficient (Wildman–Crippen LogP) is 8.13. The Kier molecular flexibility index (Phi) is 15.8. The summed E-state index contributed by atoms with van der Waals surface area (Å²) < 4.78 is 0. The van der Waals surface area contributed by atoms with Crippen LogP contribution < -0.4 is 5.32 Å². The van der Waals surface area contributed by atoms with E-state index in [0.29, 0.717) is 0 Å². The van der Waals surface area contributed by atoms with Gasteiger partial charge in [-0.2, -0.15) is 0 Å². The van der Waals surface area contributed by atoms with Gasteiger partial charge in [0.2, 0.25) is 0 Å². The van der Waals surface area contributed by atoms with Crippen LogP contribution in [0.15, 0.2) is 0 Å². The topological polar surface area (TPSA) is 12.0 Å². The highest BCUT2D eigenvalue weighted by atomic mass is 14.8. The Morgan fingerprint density at radius 3 is 1.77 bits per heavy atom. The average molecular weight is 366 g/mol. The third-order valence-corrected chi connectivity index (χ3v) is 6.60. The quantitative estimate of drug-likeness (QED) is 0.242. The van der Waals surface area contributed by atoms with Gasteiger partial charge in [0.15, 0.2) is 0 Å². The van der Waals surface area contributed by atoms with E-state index >= 15 is 0 Å². The van der Waals surface area contributed by atoms with Gasteiger partial charge in [0.05, 0.1) is 0 Å². The third-order valence-electron chi connectivity index (χ3n) is 6.60. The Morgan fingerprint density at radius 2 is 1.23 bits per heavy atom. The molecule has 0 aromatic heterocycles. The molecule has 0 aromatic rings. The molecule has 0 aliphatic heterocycles. The van der Waals surface area contributed by atoms with Gasteiger partial charge in [0.25, 0.3) is 0 Å². The van der Waals surface area contributed by atoms with Crippen LogP contribution in [0.25, 0.3) is 0 Å². The summed E-state index contributed by atoms with van der Waals surface area (Å²) in [5.74, 6) is 2.96. The van der Waals surface area contributed by atoms with Gasteiger partial charge in [0, 0.05) is 0 Å². The lowest BCUT2D eigenvalue weighted by Gasteiger charge is -2.14. The molecule has 1 aliphatic rings. The molecular weight excluding hydrogens is 314 g/mol. The lowest BCUT2D eigenvalue weighted by Crippen LogP contribution is -2.16. The van der Waals surface area contributed by atoms with Gasteiger partial charge < -0.3 is 5.32 Å². The molecule has 0 heterocycles. The van der Waals surface area contributed by atoms with Crippen LogP contribution in [0.3, 0.4) is 0 Å². The highest BCUT2D eigenvalue weighted by molar-refractivity contribution is 4.73. The molecule has 1 aliphatic carbocycles. The number of hydrogen-bond acceptors (Lipinski definition) is 1. The molecule has 0 aromatic carbocycles. The van der Waals surface area contributed by atoms with Gasteiger partial charge >= 0.3 is 0 Å². The summed E-state index contributed by atoms with van der Waals surface area (Å²) in [6.45, 7) is 9.64. The Labute approximate surface area is 166 Å². The van der Waals surface area contributed by atoms with Gasteiger partial charge in [-0.1, -0.05) is 117 Å². The van der Waals surface area contributed by atoms with E-state index in [0.717, 1.165) is 17.8 Å². The lowest BCUT2D eigenvalue weighted by molar-refractivity contribution is 0.374. The number of rotatable bonds is 18. The first-order valence-corrected chi connectivity index (χ1v) is 12.4. The van der Waals surface area contributed by atoms with Crippen LogP contribution in [0, 0.1) is 17.8 Å². The second-order valence-electron chi connectivity index (χ2n) is 9.63. The number of hydrogen-bond donors (Lipinski definition) is 1. The van der Waals surface area contributed by atoms with Gasteiger partial charge in [-0.25, -0.2) is 0 Å². The summed E-state index contributed by atoms with van der Waals surface area (Å²) >= 11 is 0. The van der Waals surface area contributed by atoms with Crippen LogP contribution in [-0.4, -0.2) is 13.1 Å². The van der Waals surface area contributed by atoms with Crippen molar-refractivity contribution in [2.75, 3.05) is 13.1 Å². The van der Waals surface area contributed by atoms with Crippen molar-refractivity contribution < 1.29 is 0 Å². The molecule has 0 spiro atoms. The van der Waals surface area contributed by atoms with Crippen LogP contribution in [-0.2, 0) is 0 Å². The van der Waals surface area contributed by atoms with E-state index in [1.54, 1.807) is 0 Å². The van der Waals surface area contributed by atoms with Crippen molar-refractivity contribution in [3.05, 3.63) is 0 Å². The molecule has 1 nitrogen and oxygen atoms in total. The van der Waals surface area contributed by atoms with Gasteiger partial charge in [-0.15, -0.1) is 0 Å². The molecule has 2 atom stereocenters. The van der Waals surface area contributed by atoms with Crippen molar-refractivity contribution in [2.24, 2.45) is 17.8 Å². The average Bonchev–Trinajstić information content (AvgIpc) is 3.02. The first kappa shape index (κ1) is 24.0. The van der Waals surface area contributed by atoms with Crippen LogP contribution in [0.5, 0.6) is 0 Å². The van der Waals surface area contributed by atoms with E-state index in [2.05, 4.69) is 26.1 Å². The summed E-state index contributed by atoms with van der Waals surface area (Å²) in [5.41, 5.74) is 0. The smallest absolute Gasteiger partial charge is 0.00489 e. The molecule has 1 N–H and O–H groups in total. The standard InChI is InChI=1S/C25H51N/c1-23(2)17-12-9-7-5-4-6-8-10-14-21-26-22-15-11-13-19-25-20-16-18-24(25)3/h23-26H,4-22H2,1-3H3/t24-,25?/m0/s1. The maximum absolute atomic E-state index is 3.66. The summed E-state index contributed by atoms with van der Waals surface area (Å²) in [7, 11) is 0. The molecule has 26 heavy (non-hydrogen) atoms.